The molecule has 0 aliphatic carbocycles. The fourth-order valence-electron chi connectivity index (χ4n) is 1.91. The standard InChI is InChI=1S/C11H13BrClNO/c1-14-9-3-2-6-15-11-8(13)5-4-7(12)10(9)11/h4-5,9,14H,2-3,6H2,1H3. The van der Waals surface area contributed by atoms with Crippen LogP contribution in [-0.2, 0) is 0 Å². The molecule has 1 aliphatic heterocycles. The van der Waals surface area contributed by atoms with Crippen molar-refractivity contribution in [3.05, 3.63) is 27.2 Å². The normalized spacial score (nSPS) is 20.3. The predicted molar refractivity (Wildman–Crippen MR) is 65.7 cm³/mol. The maximum atomic E-state index is 6.14. The molecule has 1 unspecified atom stereocenters. The third-order valence-corrected chi connectivity index (χ3v) is 3.66. The molecule has 0 saturated heterocycles. The van der Waals surface area contributed by atoms with Gasteiger partial charge in [-0.25, -0.2) is 0 Å². The molecular formula is C11H13BrClNO. The van der Waals surface area contributed by atoms with Gasteiger partial charge in [0, 0.05) is 16.1 Å². The van der Waals surface area contributed by atoms with Crippen LogP contribution in [0.25, 0.3) is 0 Å². The summed E-state index contributed by atoms with van der Waals surface area (Å²) in [6, 6.07) is 4.15. The second-order valence-electron chi connectivity index (χ2n) is 3.60. The van der Waals surface area contributed by atoms with Crippen LogP contribution in [0, 0.1) is 0 Å². The van der Waals surface area contributed by atoms with Crippen LogP contribution in [0.5, 0.6) is 5.75 Å². The molecule has 0 spiro atoms. The first-order chi connectivity index (χ1) is 7.24. The van der Waals surface area contributed by atoms with Gasteiger partial charge in [0.1, 0.15) is 5.75 Å². The molecule has 1 aromatic rings. The quantitative estimate of drug-likeness (QED) is 0.854. The Kier molecular flexibility index (Phi) is 3.54. The van der Waals surface area contributed by atoms with E-state index in [0.29, 0.717) is 11.1 Å². The van der Waals surface area contributed by atoms with E-state index in [9.17, 15) is 0 Å². The fraction of sp³-hybridized carbons (Fsp3) is 0.455. The molecule has 2 rings (SSSR count). The summed E-state index contributed by atoms with van der Waals surface area (Å²) in [5.74, 6) is 0.822. The molecule has 4 heteroatoms. The number of ether oxygens (including phenoxy) is 1. The van der Waals surface area contributed by atoms with Crippen LogP contribution >= 0.6 is 27.5 Å². The molecule has 1 aromatic carbocycles. The van der Waals surface area contributed by atoms with Crippen LogP contribution in [0.2, 0.25) is 5.02 Å². The van der Waals surface area contributed by atoms with E-state index in [4.69, 9.17) is 16.3 Å². The second-order valence-corrected chi connectivity index (χ2v) is 4.87. The molecule has 0 radical (unpaired) electrons. The van der Waals surface area contributed by atoms with Crippen molar-refractivity contribution >= 4 is 27.5 Å². The molecular weight excluding hydrogens is 277 g/mol. The molecule has 2 nitrogen and oxygen atoms in total. The molecule has 1 N–H and O–H groups in total. The summed E-state index contributed by atoms with van der Waals surface area (Å²) < 4.78 is 6.75. The first-order valence-electron chi connectivity index (χ1n) is 5.02. The van der Waals surface area contributed by atoms with Gasteiger partial charge in [0.25, 0.3) is 0 Å². The average Bonchev–Trinajstić information content (AvgIpc) is 2.46. The van der Waals surface area contributed by atoms with Crippen LogP contribution in [0.1, 0.15) is 24.4 Å². The van der Waals surface area contributed by atoms with E-state index in [-0.39, 0.29) is 0 Å². The summed E-state index contributed by atoms with van der Waals surface area (Å²) in [7, 11) is 1.97. The number of nitrogens with one attached hydrogen (secondary N) is 1. The van der Waals surface area contributed by atoms with Crippen molar-refractivity contribution in [2.24, 2.45) is 0 Å². The predicted octanol–water partition coefficient (Wildman–Crippen LogP) is 3.54. The second kappa shape index (κ2) is 4.73. The summed E-state index contributed by atoms with van der Waals surface area (Å²) in [6.45, 7) is 0.737. The van der Waals surface area contributed by atoms with Crippen LogP contribution in [0.4, 0.5) is 0 Å². The minimum Gasteiger partial charge on any atom is -0.492 e. The lowest BCUT2D eigenvalue weighted by Crippen LogP contribution is -2.16. The maximum absolute atomic E-state index is 6.14. The number of halogens is 2. The Bertz CT molecular complexity index is 370. The van der Waals surface area contributed by atoms with Gasteiger partial charge in [-0.2, -0.15) is 0 Å². The zero-order chi connectivity index (χ0) is 10.8. The molecule has 1 aliphatic rings. The zero-order valence-corrected chi connectivity index (χ0v) is 10.9. The van der Waals surface area contributed by atoms with Crippen LogP contribution in [0.3, 0.4) is 0 Å². The third kappa shape index (κ3) is 2.14. The lowest BCUT2D eigenvalue weighted by Gasteiger charge is -2.18. The topological polar surface area (TPSA) is 21.3 Å². The first-order valence-corrected chi connectivity index (χ1v) is 6.19. The first kappa shape index (κ1) is 11.2. The number of rotatable bonds is 1. The Morgan fingerprint density at radius 2 is 2.33 bits per heavy atom. The number of benzene rings is 1. The molecule has 0 saturated carbocycles. The van der Waals surface area contributed by atoms with Crippen molar-refractivity contribution in [3.63, 3.8) is 0 Å². The Morgan fingerprint density at radius 3 is 3.07 bits per heavy atom. The van der Waals surface area contributed by atoms with Gasteiger partial charge in [0.05, 0.1) is 11.6 Å². The third-order valence-electron chi connectivity index (χ3n) is 2.68. The Labute approximate surface area is 103 Å². The van der Waals surface area contributed by atoms with E-state index >= 15 is 0 Å². The highest BCUT2D eigenvalue weighted by Crippen LogP contribution is 2.41. The Balaban J connectivity index is 2.54. The number of hydrogen-bond donors (Lipinski definition) is 1. The van der Waals surface area contributed by atoms with Gasteiger partial charge >= 0.3 is 0 Å². The van der Waals surface area contributed by atoms with Gasteiger partial charge in [0.15, 0.2) is 0 Å². The fourth-order valence-corrected chi connectivity index (χ4v) is 2.72. The highest BCUT2D eigenvalue weighted by atomic mass is 79.9. The monoisotopic (exact) mass is 289 g/mol. The van der Waals surface area contributed by atoms with E-state index in [1.807, 2.05) is 19.2 Å². The summed E-state index contributed by atoms with van der Waals surface area (Å²) in [5.41, 5.74) is 1.14. The summed E-state index contributed by atoms with van der Waals surface area (Å²) in [4.78, 5) is 0. The van der Waals surface area contributed by atoms with Crippen molar-refractivity contribution in [2.75, 3.05) is 13.7 Å². The lowest BCUT2D eigenvalue weighted by atomic mass is 10.0. The van der Waals surface area contributed by atoms with Crippen molar-refractivity contribution in [1.29, 1.82) is 0 Å². The SMILES string of the molecule is CNC1CCCOc2c(Cl)ccc(Br)c21. The van der Waals surface area contributed by atoms with E-state index in [2.05, 4.69) is 21.2 Å². The van der Waals surface area contributed by atoms with Crippen molar-refractivity contribution in [2.45, 2.75) is 18.9 Å². The van der Waals surface area contributed by atoms with Crippen LogP contribution in [0.15, 0.2) is 16.6 Å². The molecule has 0 aromatic heterocycles. The van der Waals surface area contributed by atoms with E-state index in [1.165, 1.54) is 0 Å². The highest BCUT2D eigenvalue weighted by molar-refractivity contribution is 9.10. The van der Waals surface area contributed by atoms with Crippen molar-refractivity contribution in [1.82, 2.24) is 5.32 Å². The molecule has 1 heterocycles. The molecule has 82 valence electrons. The smallest absolute Gasteiger partial charge is 0.143 e. The lowest BCUT2D eigenvalue weighted by molar-refractivity contribution is 0.315. The summed E-state index contributed by atoms with van der Waals surface area (Å²) in [6.07, 6.45) is 2.12. The van der Waals surface area contributed by atoms with E-state index in [0.717, 1.165) is 35.2 Å². The molecule has 0 fully saturated rings. The van der Waals surface area contributed by atoms with E-state index in [1.54, 1.807) is 0 Å². The van der Waals surface area contributed by atoms with Gasteiger partial charge in [-0.1, -0.05) is 27.5 Å². The largest absolute Gasteiger partial charge is 0.492 e. The molecule has 1 atom stereocenters. The van der Waals surface area contributed by atoms with Gasteiger partial charge in [-0.3, -0.25) is 0 Å². The summed E-state index contributed by atoms with van der Waals surface area (Å²) in [5, 5.41) is 3.99. The van der Waals surface area contributed by atoms with Crippen LogP contribution in [-0.4, -0.2) is 13.7 Å². The summed E-state index contributed by atoms with van der Waals surface area (Å²) >= 11 is 9.69. The average molecular weight is 291 g/mol. The van der Waals surface area contributed by atoms with E-state index < -0.39 is 0 Å². The van der Waals surface area contributed by atoms with Gasteiger partial charge in [-0.05, 0) is 32.0 Å². The van der Waals surface area contributed by atoms with Crippen molar-refractivity contribution < 1.29 is 4.74 Å². The van der Waals surface area contributed by atoms with Gasteiger partial charge in [-0.15, -0.1) is 0 Å². The Morgan fingerprint density at radius 1 is 1.53 bits per heavy atom. The van der Waals surface area contributed by atoms with Crippen molar-refractivity contribution in [3.8, 4) is 5.75 Å². The molecule has 15 heavy (non-hydrogen) atoms. The molecule has 0 bridgehead atoms. The van der Waals surface area contributed by atoms with Crippen LogP contribution < -0.4 is 10.1 Å². The minimum atomic E-state index is 0.315. The number of hydrogen-bond acceptors (Lipinski definition) is 2. The highest BCUT2D eigenvalue weighted by Gasteiger charge is 2.22. The maximum Gasteiger partial charge on any atom is 0.143 e. The Hall–Kier alpha value is -0.250. The molecule has 0 amide bonds. The zero-order valence-electron chi connectivity index (χ0n) is 8.52. The number of fused-ring (bicyclic) bond motifs is 1. The van der Waals surface area contributed by atoms with Gasteiger partial charge < -0.3 is 10.1 Å². The minimum absolute atomic E-state index is 0.315. The van der Waals surface area contributed by atoms with Gasteiger partial charge in [0.2, 0.25) is 0 Å².